The summed E-state index contributed by atoms with van der Waals surface area (Å²) in [5, 5.41) is 7.51. The van der Waals surface area contributed by atoms with Gasteiger partial charge in [-0.2, -0.15) is 0 Å². The van der Waals surface area contributed by atoms with Gasteiger partial charge in [0, 0.05) is 5.02 Å². The van der Waals surface area contributed by atoms with Gasteiger partial charge in [-0.3, -0.25) is 0 Å². The van der Waals surface area contributed by atoms with E-state index in [0.29, 0.717) is 15.9 Å². The van der Waals surface area contributed by atoms with Crippen molar-refractivity contribution >= 4 is 34.6 Å². The summed E-state index contributed by atoms with van der Waals surface area (Å²) >= 11 is 11.5. The molecule has 0 aliphatic rings. The lowest BCUT2D eigenvalue weighted by atomic mass is 10.2. The molecule has 4 nitrogen and oxygen atoms in total. The lowest BCUT2D eigenvalue weighted by Crippen LogP contribution is -3.06. The summed E-state index contributed by atoms with van der Waals surface area (Å²) in [6, 6.07) is 13.3. The van der Waals surface area contributed by atoms with E-state index in [1.54, 1.807) is 12.1 Å². The number of halogens is 1. The zero-order chi connectivity index (χ0) is 17.5. The lowest BCUT2D eigenvalue weighted by Gasteiger charge is -2.16. The van der Waals surface area contributed by atoms with Gasteiger partial charge in [0.1, 0.15) is 5.75 Å². The van der Waals surface area contributed by atoms with Crippen molar-refractivity contribution in [2.45, 2.75) is 6.92 Å². The Morgan fingerprint density at radius 2 is 2.00 bits per heavy atom. The fraction of sp³-hybridized carbons (Fsp3) is 0.278. The Labute approximate surface area is 153 Å². The Bertz CT molecular complexity index is 706. The van der Waals surface area contributed by atoms with Crippen molar-refractivity contribution in [1.82, 2.24) is 5.32 Å². The minimum atomic E-state index is 0.549. The summed E-state index contributed by atoms with van der Waals surface area (Å²) in [4.78, 5) is 1.36. The zero-order valence-corrected chi connectivity index (χ0v) is 15.7. The van der Waals surface area contributed by atoms with E-state index < -0.39 is 0 Å². The quantitative estimate of drug-likeness (QED) is 0.689. The molecule has 0 bridgehead atoms. The van der Waals surface area contributed by atoms with E-state index in [2.05, 4.69) is 24.7 Å². The van der Waals surface area contributed by atoms with E-state index in [1.807, 2.05) is 37.3 Å². The molecule has 0 aliphatic carbocycles. The number of nitrogens with one attached hydrogen (secondary N) is 3. The number of rotatable bonds is 6. The maximum atomic E-state index is 6.11. The van der Waals surface area contributed by atoms with Crippen LogP contribution in [0.3, 0.4) is 0 Å². The molecular weight excluding hydrogens is 342 g/mol. The average Bonchev–Trinajstić information content (AvgIpc) is 2.49. The molecule has 6 heteroatoms. The first-order chi connectivity index (χ1) is 11.4. The summed E-state index contributed by atoms with van der Waals surface area (Å²) in [6.07, 6.45) is 0. The first-order valence-electron chi connectivity index (χ1n) is 7.82. The molecule has 128 valence electrons. The Balaban J connectivity index is 2.08. The smallest absolute Gasteiger partial charge is 0.171 e. The normalized spacial score (nSPS) is 10.5. The van der Waals surface area contributed by atoms with Crippen LogP contribution >= 0.6 is 23.8 Å². The van der Waals surface area contributed by atoms with E-state index in [1.165, 1.54) is 4.90 Å². The van der Waals surface area contributed by atoms with Crippen LogP contribution < -0.4 is 20.3 Å². The number of hydrogen-bond acceptors (Lipinski definition) is 2. The number of thiocarbonyl (C=S) groups is 1. The first-order valence-corrected chi connectivity index (χ1v) is 8.60. The molecule has 2 aromatic carbocycles. The Hall–Kier alpha value is -1.82. The van der Waals surface area contributed by atoms with Gasteiger partial charge in [0.15, 0.2) is 10.9 Å². The maximum absolute atomic E-state index is 6.11. The maximum Gasteiger partial charge on any atom is 0.171 e. The van der Waals surface area contributed by atoms with Crippen LogP contribution in [-0.4, -0.2) is 32.3 Å². The number of quaternary nitrogens is 1. The summed E-state index contributed by atoms with van der Waals surface area (Å²) in [5.41, 5.74) is 1.87. The molecule has 0 heterocycles. The van der Waals surface area contributed by atoms with Crippen molar-refractivity contribution in [3.8, 4) is 11.5 Å². The van der Waals surface area contributed by atoms with Crippen molar-refractivity contribution in [3.63, 3.8) is 0 Å². The average molecular weight is 365 g/mol. The standard InChI is InChI=1S/C18H22ClN3OS/c1-13-5-4-6-15(11-13)23-17-8-7-14(19)12-16(17)21-18(24)20-9-10-22(2)3/h4-8,11-12H,9-10H2,1-3H3,(H2,20,21,24)/p+1. The number of anilines is 1. The second-order valence-corrected chi connectivity index (χ2v) is 6.74. The Morgan fingerprint density at radius 1 is 1.21 bits per heavy atom. The molecule has 0 saturated heterocycles. The van der Waals surface area contributed by atoms with Crippen molar-refractivity contribution < 1.29 is 9.64 Å². The second kappa shape index (κ2) is 8.87. The van der Waals surface area contributed by atoms with Crippen LogP contribution in [-0.2, 0) is 0 Å². The third-order valence-corrected chi connectivity index (χ3v) is 3.80. The van der Waals surface area contributed by atoms with E-state index in [4.69, 9.17) is 28.6 Å². The van der Waals surface area contributed by atoms with Crippen molar-refractivity contribution in [3.05, 3.63) is 53.1 Å². The number of likely N-dealkylation sites (N-methyl/N-ethyl adjacent to an activating group) is 1. The molecular formula is C18H23ClN3OS+. The first kappa shape index (κ1) is 18.5. The highest BCUT2D eigenvalue weighted by Crippen LogP contribution is 2.32. The van der Waals surface area contributed by atoms with Crippen LogP contribution in [0.2, 0.25) is 5.02 Å². The van der Waals surface area contributed by atoms with E-state index in [9.17, 15) is 0 Å². The van der Waals surface area contributed by atoms with Crippen molar-refractivity contribution in [2.75, 3.05) is 32.5 Å². The highest BCUT2D eigenvalue weighted by atomic mass is 35.5. The molecule has 0 atom stereocenters. The van der Waals surface area contributed by atoms with Crippen LogP contribution in [0.4, 0.5) is 5.69 Å². The number of ether oxygens (including phenoxy) is 1. The van der Waals surface area contributed by atoms with Crippen LogP contribution in [0, 0.1) is 6.92 Å². The van der Waals surface area contributed by atoms with Gasteiger partial charge < -0.3 is 20.3 Å². The fourth-order valence-corrected chi connectivity index (χ4v) is 2.47. The van der Waals surface area contributed by atoms with E-state index >= 15 is 0 Å². The molecule has 0 saturated carbocycles. The molecule has 2 aromatic rings. The molecule has 0 spiro atoms. The lowest BCUT2D eigenvalue weighted by molar-refractivity contribution is -0.856. The van der Waals surface area contributed by atoms with Gasteiger partial charge >= 0.3 is 0 Å². The minimum absolute atomic E-state index is 0.549. The third-order valence-electron chi connectivity index (χ3n) is 3.32. The van der Waals surface area contributed by atoms with Gasteiger partial charge in [0.05, 0.1) is 32.9 Å². The Kier molecular flexibility index (Phi) is 6.85. The Morgan fingerprint density at radius 3 is 2.71 bits per heavy atom. The molecule has 24 heavy (non-hydrogen) atoms. The van der Waals surface area contributed by atoms with E-state index in [-0.39, 0.29) is 0 Å². The highest BCUT2D eigenvalue weighted by Gasteiger charge is 2.08. The van der Waals surface area contributed by atoms with Gasteiger partial charge in [-0.1, -0.05) is 23.7 Å². The van der Waals surface area contributed by atoms with Gasteiger partial charge in [-0.25, -0.2) is 0 Å². The summed E-state index contributed by atoms with van der Waals surface area (Å²) in [7, 11) is 4.20. The van der Waals surface area contributed by atoms with Gasteiger partial charge in [0.25, 0.3) is 0 Å². The van der Waals surface area contributed by atoms with Gasteiger partial charge in [-0.15, -0.1) is 0 Å². The van der Waals surface area contributed by atoms with Crippen LogP contribution in [0.1, 0.15) is 5.56 Å². The van der Waals surface area contributed by atoms with Gasteiger partial charge in [0.2, 0.25) is 0 Å². The highest BCUT2D eigenvalue weighted by molar-refractivity contribution is 7.80. The van der Waals surface area contributed by atoms with Crippen LogP contribution in [0.25, 0.3) is 0 Å². The molecule has 0 aliphatic heterocycles. The fourth-order valence-electron chi connectivity index (χ4n) is 2.09. The van der Waals surface area contributed by atoms with Crippen molar-refractivity contribution in [1.29, 1.82) is 0 Å². The molecule has 2 rings (SSSR count). The number of benzene rings is 2. The van der Waals surface area contributed by atoms with Crippen LogP contribution in [0.15, 0.2) is 42.5 Å². The molecule has 3 N–H and O–H groups in total. The predicted octanol–water partition coefficient (Wildman–Crippen LogP) is 2.87. The predicted molar refractivity (Wildman–Crippen MR) is 105 cm³/mol. The monoisotopic (exact) mass is 364 g/mol. The molecule has 0 aromatic heterocycles. The van der Waals surface area contributed by atoms with E-state index in [0.717, 1.165) is 30.1 Å². The third kappa shape index (κ3) is 6.00. The molecule has 0 amide bonds. The minimum Gasteiger partial charge on any atom is -0.455 e. The van der Waals surface area contributed by atoms with Gasteiger partial charge in [-0.05, 0) is 55.0 Å². The summed E-state index contributed by atoms with van der Waals surface area (Å²) in [5.74, 6) is 1.45. The second-order valence-electron chi connectivity index (χ2n) is 5.90. The zero-order valence-electron chi connectivity index (χ0n) is 14.2. The topological polar surface area (TPSA) is 37.7 Å². The molecule has 0 radical (unpaired) electrons. The van der Waals surface area contributed by atoms with Crippen molar-refractivity contribution in [2.24, 2.45) is 0 Å². The molecule has 0 fully saturated rings. The molecule has 0 unspecified atom stereocenters. The van der Waals surface area contributed by atoms with Crippen LogP contribution in [0.5, 0.6) is 11.5 Å². The summed E-state index contributed by atoms with van der Waals surface area (Å²) < 4.78 is 5.98. The summed E-state index contributed by atoms with van der Waals surface area (Å²) in [6.45, 7) is 3.80. The SMILES string of the molecule is Cc1cccc(Oc2ccc(Cl)cc2NC(=S)NCC[NH+](C)C)c1. The largest absolute Gasteiger partial charge is 0.455 e. The number of hydrogen-bond donors (Lipinski definition) is 3. The number of aryl methyl sites for hydroxylation is 1.